The van der Waals surface area contributed by atoms with Gasteiger partial charge in [-0.15, -0.1) is 0 Å². The van der Waals surface area contributed by atoms with E-state index in [4.69, 9.17) is 4.74 Å². The van der Waals surface area contributed by atoms with Crippen molar-refractivity contribution in [2.75, 3.05) is 7.11 Å². The first kappa shape index (κ1) is 15.5. The molecule has 0 aliphatic heterocycles. The molecule has 2 atom stereocenters. The van der Waals surface area contributed by atoms with Gasteiger partial charge in [0.2, 0.25) is 0 Å². The van der Waals surface area contributed by atoms with Gasteiger partial charge in [0.1, 0.15) is 0 Å². The van der Waals surface area contributed by atoms with Gasteiger partial charge in [-0.05, 0) is 18.9 Å². The molecule has 16 heavy (non-hydrogen) atoms. The summed E-state index contributed by atoms with van der Waals surface area (Å²) in [6.45, 7) is 4.33. The number of hydrogen-bond acceptors (Lipinski definition) is 2. The van der Waals surface area contributed by atoms with Crippen LogP contribution >= 0.6 is 0 Å². The Balaban J connectivity index is 3.94. The average molecular weight is 228 g/mol. The van der Waals surface area contributed by atoms with Gasteiger partial charge in [-0.2, -0.15) is 0 Å². The molecule has 0 aliphatic carbocycles. The number of rotatable bonds is 10. The fourth-order valence-corrected chi connectivity index (χ4v) is 1.91. The Hall–Kier alpha value is -0.500. The average Bonchev–Trinajstić information content (AvgIpc) is 2.28. The van der Waals surface area contributed by atoms with Gasteiger partial charge in [0.05, 0.1) is 19.5 Å². The Bertz CT molecular complexity index is 166. The van der Waals surface area contributed by atoms with Crippen LogP contribution in [0.25, 0.3) is 0 Å². The molecule has 0 saturated heterocycles. The highest BCUT2D eigenvalue weighted by atomic mass is 16.5. The minimum Gasteiger partial charge on any atom is -0.505 e. The summed E-state index contributed by atoms with van der Waals surface area (Å²) in [5.41, 5.74) is 0. The van der Waals surface area contributed by atoms with E-state index in [0.29, 0.717) is 0 Å². The zero-order valence-corrected chi connectivity index (χ0v) is 11.1. The molecule has 96 valence electrons. The highest BCUT2D eigenvalue weighted by molar-refractivity contribution is 4.87. The van der Waals surface area contributed by atoms with Gasteiger partial charge in [-0.3, -0.25) is 0 Å². The summed E-state index contributed by atoms with van der Waals surface area (Å²) in [5.74, 6) is 0.261. The van der Waals surface area contributed by atoms with E-state index in [1.807, 2.05) is 6.08 Å². The standard InChI is InChI=1S/C14H28O2/c1-4-6-7-8-10-13(11-12-16-3)14(15)9-5-2/h11-15H,4-10H2,1-3H3/b12-11-/t13-,14-/m0/s1. The number of methoxy groups -OCH3 is 1. The van der Waals surface area contributed by atoms with Gasteiger partial charge in [0.25, 0.3) is 0 Å². The van der Waals surface area contributed by atoms with Gasteiger partial charge in [0.15, 0.2) is 0 Å². The molecule has 0 aliphatic rings. The van der Waals surface area contributed by atoms with E-state index in [-0.39, 0.29) is 12.0 Å². The second-order valence-electron chi connectivity index (χ2n) is 4.43. The molecule has 0 aromatic heterocycles. The molecule has 2 nitrogen and oxygen atoms in total. The van der Waals surface area contributed by atoms with Crippen LogP contribution in [0.1, 0.15) is 58.8 Å². The molecule has 0 fully saturated rings. The van der Waals surface area contributed by atoms with Crippen molar-refractivity contribution in [2.45, 2.75) is 64.9 Å². The van der Waals surface area contributed by atoms with Crippen LogP contribution in [-0.2, 0) is 4.74 Å². The highest BCUT2D eigenvalue weighted by Crippen LogP contribution is 2.19. The van der Waals surface area contributed by atoms with Crippen LogP contribution < -0.4 is 0 Å². The van der Waals surface area contributed by atoms with Gasteiger partial charge in [0, 0.05) is 5.92 Å². The molecule has 0 amide bonds. The fraction of sp³-hybridized carbons (Fsp3) is 0.857. The predicted octanol–water partition coefficient (Wildman–Crippen LogP) is 3.89. The third kappa shape index (κ3) is 7.75. The van der Waals surface area contributed by atoms with Crippen LogP contribution in [0.2, 0.25) is 0 Å². The monoisotopic (exact) mass is 228 g/mol. The molecule has 0 bridgehead atoms. The van der Waals surface area contributed by atoms with E-state index >= 15 is 0 Å². The maximum absolute atomic E-state index is 9.99. The Morgan fingerprint density at radius 1 is 1.06 bits per heavy atom. The van der Waals surface area contributed by atoms with E-state index < -0.39 is 0 Å². The van der Waals surface area contributed by atoms with E-state index in [2.05, 4.69) is 13.8 Å². The van der Waals surface area contributed by atoms with Gasteiger partial charge in [-0.1, -0.05) is 46.0 Å². The lowest BCUT2D eigenvalue weighted by Gasteiger charge is -2.19. The third-order valence-electron chi connectivity index (χ3n) is 2.93. The molecule has 0 radical (unpaired) electrons. The van der Waals surface area contributed by atoms with Crippen LogP contribution in [0.5, 0.6) is 0 Å². The minimum absolute atomic E-state index is 0.210. The lowest BCUT2D eigenvalue weighted by molar-refractivity contribution is 0.112. The first-order valence-corrected chi connectivity index (χ1v) is 6.63. The van der Waals surface area contributed by atoms with Crippen molar-refractivity contribution in [3.05, 3.63) is 12.3 Å². The molecule has 0 aromatic carbocycles. The van der Waals surface area contributed by atoms with Gasteiger partial charge >= 0.3 is 0 Å². The zero-order chi connectivity index (χ0) is 12.2. The normalized spacial score (nSPS) is 15.2. The van der Waals surface area contributed by atoms with Crippen LogP contribution in [-0.4, -0.2) is 18.3 Å². The molecule has 1 N–H and O–H groups in total. The lowest BCUT2D eigenvalue weighted by Crippen LogP contribution is -2.18. The van der Waals surface area contributed by atoms with Gasteiger partial charge in [-0.25, -0.2) is 0 Å². The maximum Gasteiger partial charge on any atom is 0.0788 e. The molecule has 0 rings (SSSR count). The fourth-order valence-electron chi connectivity index (χ4n) is 1.91. The Labute approximate surface area is 101 Å². The van der Waals surface area contributed by atoms with Crippen molar-refractivity contribution in [2.24, 2.45) is 5.92 Å². The first-order valence-electron chi connectivity index (χ1n) is 6.63. The molecule has 0 unspecified atom stereocenters. The number of unbranched alkanes of at least 4 members (excludes halogenated alkanes) is 3. The molecule has 0 spiro atoms. The van der Waals surface area contributed by atoms with Crippen LogP contribution in [0.15, 0.2) is 12.3 Å². The topological polar surface area (TPSA) is 29.5 Å². The third-order valence-corrected chi connectivity index (χ3v) is 2.93. The van der Waals surface area contributed by atoms with Gasteiger partial charge < -0.3 is 9.84 Å². The highest BCUT2D eigenvalue weighted by Gasteiger charge is 2.15. The molecule has 0 aromatic rings. The number of hydrogen-bond donors (Lipinski definition) is 1. The van der Waals surface area contributed by atoms with Crippen molar-refractivity contribution in [3.63, 3.8) is 0 Å². The van der Waals surface area contributed by atoms with Crippen molar-refractivity contribution in [1.29, 1.82) is 0 Å². The smallest absolute Gasteiger partial charge is 0.0788 e. The number of aliphatic hydroxyl groups excluding tert-OH is 1. The summed E-state index contributed by atoms with van der Waals surface area (Å²) in [7, 11) is 1.65. The molecule has 2 heteroatoms. The van der Waals surface area contributed by atoms with Crippen LogP contribution in [0.4, 0.5) is 0 Å². The molecule has 0 heterocycles. The maximum atomic E-state index is 9.99. The van der Waals surface area contributed by atoms with Crippen molar-refractivity contribution in [1.82, 2.24) is 0 Å². The molecular formula is C14H28O2. The molecule has 0 saturated carbocycles. The summed E-state index contributed by atoms with van der Waals surface area (Å²) in [5, 5.41) is 9.99. The number of ether oxygens (including phenoxy) is 1. The molecular weight excluding hydrogens is 200 g/mol. The van der Waals surface area contributed by atoms with Crippen molar-refractivity contribution >= 4 is 0 Å². The Kier molecular flexibility index (Phi) is 10.7. The van der Waals surface area contributed by atoms with E-state index in [1.54, 1.807) is 13.4 Å². The SMILES string of the molecule is CCCCCC[C@@H](/C=C\OC)[C@@H](O)CCC. The summed E-state index contributed by atoms with van der Waals surface area (Å²) in [4.78, 5) is 0. The Morgan fingerprint density at radius 3 is 2.38 bits per heavy atom. The minimum atomic E-state index is -0.210. The zero-order valence-electron chi connectivity index (χ0n) is 11.1. The number of aliphatic hydroxyl groups is 1. The van der Waals surface area contributed by atoms with Crippen molar-refractivity contribution < 1.29 is 9.84 Å². The predicted molar refractivity (Wildman–Crippen MR) is 69.3 cm³/mol. The van der Waals surface area contributed by atoms with Crippen molar-refractivity contribution in [3.8, 4) is 0 Å². The summed E-state index contributed by atoms with van der Waals surface area (Å²) in [6.07, 6.45) is 11.5. The summed E-state index contributed by atoms with van der Waals surface area (Å²) in [6, 6.07) is 0. The largest absolute Gasteiger partial charge is 0.505 e. The van der Waals surface area contributed by atoms with E-state index in [1.165, 1.54) is 25.7 Å². The second kappa shape index (κ2) is 11.0. The van der Waals surface area contributed by atoms with Crippen LogP contribution in [0.3, 0.4) is 0 Å². The first-order chi connectivity index (χ1) is 7.76. The lowest BCUT2D eigenvalue weighted by atomic mass is 9.92. The Morgan fingerprint density at radius 2 is 1.81 bits per heavy atom. The quantitative estimate of drug-likeness (QED) is 0.454. The summed E-state index contributed by atoms with van der Waals surface area (Å²) < 4.78 is 4.94. The van der Waals surface area contributed by atoms with Crippen LogP contribution in [0, 0.1) is 5.92 Å². The van der Waals surface area contributed by atoms with E-state index in [0.717, 1.165) is 19.3 Å². The summed E-state index contributed by atoms with van der Waals surface area (Å²) >= 11 is 0. The second-order valence-corrected chi connectivity index (χ2v) is 4.43. The van der Waals surface area contributed by atoms with E-state index in [9.17, 15) is 5.11 Å².